The predicted octanol–water partition coefficient (Wildman–Crippen LogP) is 3.87. The van der Waals surface area contributed by atoms with Crippen LogP contribution in [0.2, 0.25) is 0 Å². The van der Waals surface area contributed by atoms with Crippen molar-refractivity contribution in [3.63, 3.8) is 0 Å². The number of para-hydroxylation sites is 1. The molecule has 5 amide bonds. The smallest absolute Gasteiger partial charge is 0.423 e. The van der Waals surface area contributed by atoms with E-state index in [1.807, 2.05) is 0 Å². The second kappa shape index (κ2) is 9.53. The number of nitrogens with zero attached hydrogens (tertiary/aromatic N) is 2. The zero-order valence-corrected chi connectivity index (χ0v) is 23.7. The molecular weight excluding hydrogens is 594 g/mol. The number of hydrogen-bond acceptors (Lipinski definition) is 8. The van der Waals surface area contributed by atoms with Gasteiger partial charge in [0.2, 0.25) is 11.8 Å². The molecule has 1 saturated carbocycles. The minimum atomic E-state index is -2.23. The molecule has 0 unspecified atom stereocenters. The highest BCUT2D eigenvalue weighted by atomic mass is 35.5. The summed E-state index contributed by atoms with van der Waals surface area (Å²) in [6.45, 7) is 0. The fourth-order valence-corrected chi connectivity index (χ4v) is 7.88. The molecule has 0 radical (unpaired) electrons. The van der Waals surface area contributed by atoms with Gasteiger partial charge in [0.15, 0.2) is 21.2 Å². The monoisotopic (exact) mass is 616 g/mol. The number of anilines is 1. The molecule has 4 aliphatic rings. The van der Waals surface area contributed by atoms with E-state index in [0.717, 1.165) is 24.1 Å². The standard InChI is InChI=1S/C29H23Cl2FN2O8/c1-41-19-5-3-4-17(22(19)35)21-15-10-11-16-20(24(37)34(23(16)36)27(40)42-2)18(15)12-28(30)25(38)33(26(39)29(21,28)31)14-8-6-13(32)7-9-14/h3-10,16,18,20-21,35H,11-12H2,1-2H3/t16-,18+,20-,21+,28+,29-/m0/s1. The zero-order chi connectivity index (χ0) is 30.3. The summed E-state index contributed by atoms with van der Waals surface area (Å²) in [5, 5.41) is 11.2. The van der Waals surface area contributed by atoms with Crippen LogP contribution in [0.1, 0.15) is 24.3 Å². The Morgan fingerprint density at radius 1 is 1.00 bits per heavy atom. The molecule has 42 heavy (non-hydrogen) atoms. The number of carbonyl (C=O) groups excluding carboxylic acids is 5. The summed E-state index contributed by atoms with van der Waals surface area (Å²) in [7, 11) is 2.37. The Balaban J connectivity index is 1.58. The summed E-state index contributed by atoms with van der Waals surface area (Å²) < 4.78 is 23.7. The lowest BCUT2D eigenvalue weighted by Gasteiger charge is -2.50. The first-order valence-electron chi connectivity index (χ1n) is 13.0. The van der Waals surface area contributed by atoms with Gasteiger partial charge in [0.05, 0.1) is 31.7 Å². The summed E-state index contributed by atoms with van der Waals surface area (Å²) in [4.78, 5) is 64.3. The molecule has 10 nitrogen and oxygen atoms in total. The Kier molecular flexibility index (Phi) is 6.39. The average molecular weight is 617 g/mol. The van der Waals surface area contributed by atoms with Crippen molar-refractivity contribution in [2.75, 3.05) is 19.1 Å². The van der Waals surface area contributed by atoms with Crippen LogP contribution in [-0.4, -0.2) is 63.7 Å². The second-order valence-electron chi connectivity index (χ2n) is 10.6. The van der Waals surface area contributed by atoms with Gasteiger partial charge in [0, 0.05) is 11.5 Å². The van der Waals surface area contributed by atoms with E-state index in [9.17, 15) is 33.5 Å². The third kappa shape index (κ3) is 3.46. The van der Waals surface area contributed by atoms with E-state index < -0.39 is 69.0 Å². The van der Waals surface area contributed by atoms with Crippen LogP contribution in [0.15, 0.2) is 54.1 Å². The number of rotatable bonds is 3. The zero-order valence-electron chi connectivity index (χ0n) is 22.2. The number of benzene rings is 2. The van der Waals surface area contributed by atoms with Crippen molar-refractivity contribution < 1.29 is 42.9 Å². The number of carbonyl (C=O) groups is 5. The van der Waals surface area contributed by atoms with E-state index in [0.29, 0.717) is 10.5 Å². The van der Waals surface area contributed by atoms with Gasteiger partial charge in [0.25, 0.3) is 11.8 Å². The van der Waals surface area contributed by atoms with Crippen LogP contribution < -0.4 is 9.64 Å². The maximum Gasteiger partial charge on any atom is 0.423 e. The van der Waals surface area contributed by atoms with Gasteiger partial charge in [-0.05, 0) is 49.1 Å². The van der Waals surface area contributed by atoms with Crippen molar-refractivity contribution in [1.82, 2.24) is 4.90 Å². The average Bonchev–Trinajstić information content (AvgIpc) is 3.31. The molecule has 2 aliphatic carbocycles. The maximum absolute atomic E-state index is 14.3. The molecule has 0 bridgehead atoms. The van der Waals surface area contributed by atoms with Crippen molar-refractivity contribution in [2.24, 2.45) is 17.8 Å². The number of imide groups is 4. The molecule has 13 heteroatoms. The number of allylic oxidation sites excluding steroid dienone is 2. The number of fused-ring (bicyclic) bond motifs is 4. The summed E-state index contributed by atoms with van der Waals surface area (Å²) in [5.41, 5.74) is 0.529. The van der Waals surface area contributed by atoms with E-state index in [2.05, 4.69) is 4.74 Å². The quantitative estimate of drug-likeness (QED) is 0.312. The van der Waals surface area contributed by atoms with E-state index in [1.54, 1.807) is 12.1 Å². The van der Waals surface area contributed by atoms with Gasteiger partial charge in [-0.15, -0.1) is 23.2 Å². The molecule has 2 aromatic carbocycles. The fraction of sp³-hybridized carbons (Fsp3) is 0.345. The van der Waals surface area contributed by atoms with Crippen LogP contribution in [0, 0.1) is 23.6 Å². The Labute approximate surface area is 248 Å². The van der Waals surface area contributed by atoms with Gasteiger partial charge in [-0.3, -0.25) is 19.2 Å². The molecule has 2 heterocycles. The predicted molar refractivity (Wildman–Crippen MR) is 146 cm³/mol. The number of hydrogen-bond donors (Lipinski definition) is 1. The molecular formula is C29H23Cl2FN2O8. The van der Waals surface area contributed by atoms with Crippen molar-refractivity contribution in [2.45, 2.75) is 28.5 Å². The molecule has 218 valence electrons. The molecule has 0 spiro atoms. The minimum Gasteiger partial charge on any atom is -0.504 e. The number of phenolic OH excluding ortho intramolecular Hbond substituents is 1. The van der Waals surface area contributed by atoms with Crippen LogP contribution in [0.5, 0.6) is 11.5 Å². The highest BCUT2D eigenvalue weighted by Crippen LogP contribution is 2.66. The van der Waals surface area contributed by atoms with Gasteiger partial charge < -0.3 is 14.6 Å². The molecule has 2 aromatic rings. The normalized spacial score (nSPS) is 31.9. The Hall–Kier alpha value is -3.96. The molecule has 6 atom stereocenters. The SMILES string of the molecule is COC(=O)N1C(=O)[C@H]2[C@H](CC=C3[C@H]2C[C@@]2(Cl)C(=O)N(c4ccc(F)cc4)C(=O)[C@@]2(Cl)[C@H]3c2cccc(OC)c2O)C1=O. The summed E-state index contributed by atoms with van der Waals surface area (Å²) in [6, 6.07) is 9.15. The highest BCUT2D eigenvalue weighted by molar-refractivity contribution is 6.58. The van der Waals surface area contributed by atoms with Crippen molar-refractivity contribution >= 4 is 58.6 Å². The first-order chi connectivity index (χ1) is 19.9. The Morgan fingerprint density at radius 2 is 1.69 bits per heavy atom. The van der Waals surface area contributed by atoms with Gasteiger partial charge >= 0.3 is 6.09 Å². The third-order valence-electron chi connectivity index (χ3n) is 8.81. The minimum absolute atomic E-state index is 0.0157. The molecule has 6 rings (SSSR count). The van der Waals surface area contributed by atoms with Crippen LogP contribution in [0.25, 0.3) is 0 Å². The van der Waals surface area contributed by atoms with Crippen molar-refractivity contribution in [3.05, 3.63) is 65.5 Å². The van der Waals surface area contributed by atoms with E-state index in [1.165, 1.54) is 31.4 Å². The number of ether oxygens (including phenoxy) is 2. The topological polar surface area (TPSA) is 131 Å². The number of likely N-dealkylation sites (tertiary alicyclic amines) is 1. The third-order valence-corrected chi connectivity index (χ3v) is 10.2. The lowest BCUT2D eigenvalue weighted by atomic mass is 9.56. The Bertz CT molecular complexity index is 1610. The van der Waals surface area contributed by atoms with Gasteiger partial charge in [-0.2, -0.15) is 4.90 Å². The highest BCUT2D eigenvalue weighted by Gasteiger charge is 2.77. The number of alkyl halides is 2. The second-order valence-corrected chi connectivity index (χ2v) is 11.9. The van der Waals surface area contributed by atoms with Gasteiger partial charge in [-0.1, -0.05) is 23.8 Å². The summed E-state index contributed by atoms with van der Waals surface area (Å²) in [5.74, 6) is -8.57. The lowest BCUT2D eigenvalue weighted by Crippen LogP contribution is -2.60. The van der Waals surface area contributed by atoms with Crippen LogP contribution in [0.4, 0.5) is 14.9 Å². The molecule has 1 N–H and O–H groups in total. The van der Waals surface area contributed by atoms with Crippen molar-refractivity contribution in [3.8, 4) is 11.5 Å². The van der Waals surface area contributed by atoms with Crippen LogP contribution in [-0.2, 0) is 23.9 Å². The van der Waals surface area contributed by atoms with E-state index in [4.69, 9.17) is 27.9 Å². The number of methoxy groups -OCH3 is 2. The largest absolute Gasteiger partial charge is 0.504 e. The fourth-order valence-electron chi connectivity index (χ4n) is 6.95. The first-order valence-corrected chi connectivity index (χ1v) is 13.7. The summed E-state index contributed by atoms with van der Waals surface area (Å²) >= 11 is 14.5. The first kappa shape index (κ1) is 28.2. The number of halogens is 3. The maximum atomic E-state index is 14.3. The van der Waals surface area contributed by atoms with E-state index in [-0.39, 0.29) is 35.6 Å². The van der Waals surface area contributed by atoms with Crippen molar-refractivity contribution in [1.29, 1.82) is 0 Å². The van der Waals surface area contributed by atoms with Crippen LogP contribution >= 0.6 is 23.2 Å². The lowest BCUT2D eigenvalue weighted by molar-refractivity contribution is -0.138. The number of amides is 5. The number of aromatic hydroxyl groups is 1. The van der Waals surface area contributed by atoms with Gasteiger partial charge in [-0.25, -0.2) is 14.1 Å². The molecule has 0 aromatic heterocycles. The Morgan fingerprint density at radius 3 is 2.33 bits per heavy atom. The summed E-state index contributed by atoms with van der Waals surface area (Å²) in [6.07, 6.45) is 0.186. The molecule has 3 fully saturated rings. The number of phenols is 1. The molecule has 2 saturated heterocycles. The van der Waals surface area contributed by atoms with Crippen LogP contribution in [0.3, 0.4) is 0 Å². The van der Waals surface area contributed by atoms with Gasteiger partial charge in [0.1, 0.15) is 5.82 Å². The molecule has 2 aliphatic heterocycles. The van der Waals surface area contributed by atoms with E-state index >= 15 is 0 Å².